The Hall–Kier alpha value is -0.0800. The minimum absolute atomic E-state index is 0.231. The Balaban J connectivity index is 3.72. The highest BCUT2D eigenvalue weighted by Crippen LogP contribution is 2.10. The summed E-state index contributed by atoms with van der Waals surface area (Å²) in [5.41, 5.74) is 0. The summed E-state index contributed by atoms with van der Waals surface area (Å²) in [7, 11) is 0. The van der Waals surface area contributed by atoms with E-state index >= 15 is 0 Å². The average Bonchev–Trinajstić information content (AvgIpc) is 2.04. The van der Waals surface area contributed by atoms with Gasteiger partial charge in [-0.1, -0.05) is 13.3 Å². The first-order chi connectivity index (χ1) is 5.76. The van der Waals surface area contributed by atoms with Gasteiger partial charge in [0.05, 0.1) is 12.2 Å². The third kappa shape index (κ3) is 4.73. The van der Waals surface area contributed by atoms with Crippen LogP contribution in [0.15, 0.2) is 0 Å². The van der Waals surface area contributed by atoms with Crippen LogP contribution in [0.5, 0.6) is 0 Å². The molecule has 0 heterocycles. The zero-order chi connectivity index (χ0) is 9.40. The number of hydrogen-bond acceptors (Lipinski definition) is 2. The Morgan fingerprint density at radius 1 is 1.00 bits per heavy atom. The molecule has 0 N–H and O–H groups in total. The highest BCUT2D eigenvalue weighted by Gasteiger charge is 2.15. The van der Waals surface area contributed by atoms with Gasteiger partial charge in [0.2, 0.25) is 0 Å². The molecule has 0 aliphatic heterocycles. The van der Waals surface area contributed by atoms with E-state index in [-0.39, 0.29) is 12.2 Å². The Morgan fingerprint density at radius 2 is 1.58 bits per heavy atom. The smallest absolute Gasteiger partial charge is 0.0833 e. The Kier molecular flexibility index (Phi) is 7.51. The summed E-state index contributed by atoms with van der Waals surface area (Å²) in [6.07, 6.45) is 2.76. The monoisotopic (exact) mass is 174 g/mol. The normalized spacial score (nSPS) is 16.0. The molecule has 0 spiro atoms. The Bertz CT molecular complexity index is 87.8. The molecule has 12 heavy (non-hydrogen) atoms. The van der Waals surface area contributed by atoms with E-state index in [1.54, 1.807) is 0 Å². The molecule has 0 saturated heterocycles. The third-order valence-electron chi connectivity index (χ3n) is 1.91. The van der Waals surface area contributed by atoms with E-state index in [1.165, 1.54) is 0 Å². The fourth-order valence-corrected chi connectivity index (χ4v) is 1.32. The first-order valence-electron chi connectivity index (χ1n) is 4.99. The molecule has 0 aliphatic rings. The van der Waals surface area contributed by atoms with Crippen LogP contribution >= 0.6 is 0 Å². The van der Waals surface area contributed by atoms with Crippen molar-refractivity contribution in [2.24, 2.45) is 0 Å². The van der Waals surface area contributed by atoms with Gasteiger partial charge in [-0.15, -0.1) is 0 Å². The van der Waals surface area contributed by atoms with Gasteiger partial charge in [0.1, 0.15) is 0 Å². The second kappa shape index (κ2) is 7.56. The SMILES string of the molecule is CCCC(OCC)C(C)OCC. The molecule has 0 aromatic heterocycles. The minimum Gasteiger partial charge on any atom is -0.376 e. The van der Waals surface area contributed by atoms with Gasteiger partial charge < -0.3 is 9.47 Å². The number of hydrogen-bond donors (Lipinski definition) is 0. The van der Waals surface area contributed by atoms with Crippen LogP contribution in [0.1, 0.15) is 40.5 Å². The van der Waals surface area contributed by atoms with Crippen LogP contribution in [-0.2, 0) is 9.47 Å². The maximum Gasteiger partial charge on any atom is 0.0833 e. The summed E-state index contributed by atoms with van der Waals surface area (Å²) < 4.78 is 11.1. The summed E-state index contributed by atoms with van der Waals surface area (Å²) >= 11 is 0. The summed E-state index contributed by atoms with van der Waals surface area (Å²) in [6, 6.07) is 0. The quantitative estimate of drug-likeness (QED) is 0.590. The molecule has 0 aliphatic carbocycles. The highest BCUT2D eigenvalue weighted by atomic mass is 16.5. The van der Waals surface area contributed by atoms with Crippen molar-refractivity contribution >= 4 is 0 Å². The fourth-order valence-electron chi connectivity index (χ4n) is 1.32. The molecule has 0 saturated carbocycles. The van der Waals surface area contributed by atoms with Gasteiger partial charge in [-0.2, -0.15) is 0 Å². The van der Waals surface area contributed by atoms with Gasteiger partial charge in [-0.25, -0.2) is 0 Å². The topological polar surface area (TPSA) is 18.5 Å². The van der Waals surface area contributed by atoms with Crippen LogP contribution in [0.4, 0.5) is 0 Å². The molecule has 2 atom stereocenters. The van der Waals surface area contributed by atoms with Crippen molar-refractivity contribution in [2.45, 2.75) is 52.7 Å². The molecule has 0 bridgehead atoms. The second-order valence-electron chi connectivity index (χ2n) is 2.94. The predicted octanol–water partition coefficient (Wildman–Crippen LogP) is 2.62. The van der Waals surface area contributed by atoms with Crippen molar-refractivity contribution in [2.75, 3.05) is 13.2 Å². The fraction of sp³-hybridized carbons (Fsp3) is 1.00. The largest absolute Gasteiger partial charge is 0.376 e. The lowest BCUT2D eigenvalue weighted by atomic mass is 10.1. The predicted molar refractivity (Wildman–Crippen MR) is 51.4 cm³/mol. The zero-order valence-electron chi connectivity index (χ0n) is 8.80. The van der Waals surface area contributed by atoms with Crippen LogP contribution in [0.3, 0.4) is 0 Å². The lowest BCUT2D eigenvalue weighted by molar-refractivity contribution is -0.0616. The maximum absolute atomic E-state index is 5.57. The van der Waals surface area contributed by atoms with Crippen LogP contribution in [0, 0.1) is 0 Å². The van der Waals surface area contributed by atoms with E-state index in [4.69, 9.17) is 9.47 Å². The van der Waals surface area contributed by atoms with E-state index in [2.05, 4.69) is 13.8 Å². The molecule has 0 aromatic rings. The average molecular weight is 174 g/mol. The summed E-state index contributed by atoms with van der Waals surface area (Å²) in [5, 5.41) is 0. The second-order valence-corrected chi connectivity index (χ2v) is 2.94. The molecular weight excluding hydrogens is 152 g/mol. The number of rotatable bonds is 7. The highest BCUT2D eigenvalue weighted by molar-refractivity contribution is 4.65. The van der Waals surface area contributed by atoms with Gasteiger partial charge >= 0.3 is 0 Å². The van der Waals surface area contributed by atoms with E-state index in [1.807, 2.05) is 13.8 Å². The van der Waals surface area contributed by atoms with Gasteiger partial charge in [-0.3, -0.25) is 0 Å². The summed E-state index contributed by atoms with van der Waals surface area (Å²) in [6.45, 7) is 9.85. The lowest BCUT2D eigenvalue weighted by Gasteiger charge is -2.23. The Morgan fingerprint density at radius 3 is 2.00 bits per heavy atom. The minimum atomic E-state index is 0.231. The van der Waals surface area contributed by atoms with Crippen molar-refractivity contribution < 1.29 is 9.47 Å². The molecule has 0 fully saturated rings. The molecule has 0 aromatic carbocycles. The van der Waals surface area contributed by atoms with Crippen molar-refractivity contribution in [3.8, 4) is 0 Å². The molecule has 2 unspecified atom stereocenters. The van der Waals surface area contributed by atoms with Gasteiger partial charge in [0.15, 0.2) is 0 Å². The van der Waals surface area contributed by atoms with Crippen molar-refractivity contribution in [3.05, 3.63) is 0 Å². The molecule has 0 amide bonds. The van der Waals surface area contributed by atoms with Gasteiger partial charge in [-0.05, 0) is 27.2 Å². The first kappa shape index (κ1) is 11.9. The van der Waals surface area contributed by atoms with Crippen LogP contribution in [0.2, 0.25) is 0 Å². The summed E-state index contributed by atoms with van der Waals surface area (Å²) in [5.74, 6) is 0. The zero-order valence-corrected chi connectivity index (χ0v) is 8.80. The number of ether oxygens (including phenoxy) is 2. The van der Waals surface area contributed by atoms with Gasteiger partial charge in [0, 0.05) is 13.2 Å². The van der Waals surface area contributed by atoms with E-state index < -0.39 is 0 Å². The van der Waals surface area contributed by atoms with E-state index in [0.717, 1.165) is 26.1 Å². The van der Waals surface area contributed by atoms with Crippen LogP contribution in [-0.4, -0.2) is 25.4 Å². The first-order valence-corrected chi connectivity index (χ1v) is 4.99. The molecular formula is C10H22O2. The molecule has 2 heteroatoms. The molecule has 0 radical (unpaired) electrons. The van der Waals surface area contributed by atoms with Crippen LogP contribution < -0.4 is 0 Å². The van der Waals surface area contributed by atoms with Crippen molar-refractivity contribution in [3.63, 3.8) is 0 Å². The van der Waals surface area contributed by atoms with Crippen molar-refractivity contribution in [1.82, 2.24) is 0 Å². The van der Waals surface area contributed by atoms with Crippen molar-refractivity contribution in [1.29, 1.82) is 0 Å². The third-order valence-corrected chi connectivity index (χ3v) is 1.91. The Labute approximate surface area is 76.3 Å². The van der Waals surface area contributed by atoms with Crippen LogP contribution in [0.25, 0.3) is 0 Å². The maximum atomic E-state index is 5.57. The van der Waals surface area contributed by atoms with E-state index in [9.17, 15) is 0 Å². The standard InChI is InChI=1S/C10H22O2/c1-5-8-10(12-7-3)9(4)11-6-2/h9-10H,5-8H2,1-4H3. The molecule has 74 valence electrons. The molecule has 2 nitrogen and oxygen atoms in total. The van der Waals surface area contributed by atoms with E-state index in [0.29, 0.717) is 0 Å². The van der Waals surface area contributed by atoms with Gasteiger partial charge in [0.25, 0.3) is 0 Å². The lowest BCUT2D eigenvalue weighted by Crippen LogP contribution is -2.29. The summed E-state index contributed by atoms with van der Waals surface area (Å²) in [4.78, 5) is 0. The molecule has 0 rings (SSSR count).